The van der Waals surface area contributed by atoms with Gasteiger partial charge >= 0.3 is 5.97 Å². The van der Waals surface area contributed by atoms with E-state index in [0.717, 1.165) is 25.9 Å². The van der Waals surface area contributed by atoms with Crippen molar-refractivity contribution in [2.24, 2.45) is 5.92 Å². The highest BCUT2D eigenvalue weighted by molar-refractivity contribution is 5.70. The molecule has 0 spiro atoms. The average Bonchev–Trinajstić information content (AvgIpc) is 2.06. The van der Waals surface area contributed by atoms with Gasteiger partial charge in [-0.1, -0.05) is 5.92 Å². The van der Waals surface area contributed by atoms with Crippen molar-refractivity contribution < 1.29 is 9.90 Å². The summed E-state index contributed by atoms with van der Waals surface area (Å²) in [5.74, 6) is 1.99. The molecule has 1 aliphatic rings. The number of carboxylic acid groups (broad SMARTS) is 1. The highest BCUT2D eigenvalue weighted by atomic mass is 16.4. The summed E-state index contributed by atoms with van der Waals surface area (Å²) in [5, 5.41) is 8.70. The van der Waals surface area contributed by atoms with Crippen molar-refractivity contribution in [3.05, 3.63) is 0 Å². The lowest BCUT2D eigenvalue weighted by molar-refractivity contribution is -0.143. The highest BCUT2D eigenvalue weighted by Crippen LogP contribution is 2.16. The summed E-state index contributed by atoms with van der Waals surface area (Å²) in [6.07, 6.45) is 1.45. The summed E-state index contributed by atoms with van der Waals surface area (Å²) >= 11 is 0. The molecule has 1 fully saturated rings. The maximum atomic E-state index is 10.6. The largest absolute Gasteiger partial charge is 0.481 e. The van der Waals surface area contributed by atoms with Gasteiger partial charge in [0.15, 0.2) is 0 Å². The molecule has 1 saturated heterocycles. The molecule has 12 heavy (non-hydrogen) atoms. The molecule has 0 atom stereocenters. The van der Waals surface area contributed by atoms with Gasteiger partial charge < -0.3 is 10.0 Å². The van der Waals surface area contributed by atoms with Crippen LogP contribution in [0.1, 0.15) is 19.8 Å². The van der Waals surface area contributed by atoms with Crippen molar-refractivity contribution >= 4 is 5.97 Å². The van der Waals surface area contributed by atoms with Crippen LogP contribution in [0.4, 0.5) is 0 Å². The van der Waals surface area contributed by atoms with Gasteiger partial charge in [-0.15, -0.1) is 0 Å². The van der Waals surface area contributed by atoms with E-state index in [0.29, 0.717) is 0 Å². The number of piperidine rings is 1. The fourth-order valence-electron chi connectivity index (χ4n) is 1.40. The fraction of sp³-hybridized carbons (Fsp3) is 0.667. The molecule has 1 heterocycles. The topological polar surface area (TPSA) is 40.5 Å². The molecule has 0 unspecified atom stereocenters. The van der Waals surface area contributed by atoms with Crippen LogP contribution in [-0.4, -0.2) is 29.1 Å². The second-order valence-electron chi connectivity index (χ2n) is 2.96. The number of carboxylic acids is 1. The molecule has 0 aromatic rings. The van der Waals surface area contributed by atoms with E-state index < -0.39 is 5.97 Å². The van der Waals surface area contributed by atoms with Gasteiger partial charge in [0.1, 0.15) is 0 Å². The molecule has 0 radical (unpaired) electrons. The zero-order valence-electron chi connectivity index (χ0n) is 7.21. The van der Waals surface area contributed by atoms with Crippen LogP contribution in [0.3, 0.4) is 0 Å². The van der Waals surface area contributed by atoms with Crippen molar-refractivity contribution in [2.75, 3.05) is 13.1 Å². The van der Waals surface area contributed by atoms with Gasteiger partial charge in [0, 0.05) is 19.1 Å². The Kier molecular flexibility index (Phi) is 2.98. The second kappa shape index (κ2) is 4.01. The summed E-state index contributed by atoms with van der Waals surface area (Å²) in [4.78, 5) is 12.5. The molecule has 0 amide bonds. The van der Waals surface area contributed by atoms with Crippen molar-refractivity contribution in [1.29, 1.82) is 0 Å². The van der Waals surface area contributed by atoms with Crippen LogP contribution >= 0.6 is 0 Å². The fourth-order valence-corrected chi connectivity index (χ4v) is 1.40. The molecular weight excluding hydrogens is 154 g/mol. The summed E-state index contributed by atoms with van der Waals surface area (Å²) < 4.78 is 0. The molecule has 3 nitrogen and oxygen atoms in total. The SMILES string of the molecule is CC#CN1CCC(C(=O)O)CC1. The third-order valence-electron chi connectivity index (χ3n) is 2.11. The van der Waals surface area contributed by atoms with Gasteiger partial charge in [0.25, 0.3) is 0 Å². The van der Waals surface area contributed by atoms with Crippen LogP contribution < -0.4 is 0 Å². The van der Waals surface area contributed by atoms with E-state index >= 15 is 0 Å². The third kappa shape index (κ3) is 2.16. The number of hydrogen-bond acceptors (Lipinski definition) is 2. The Morgan fingerprint density at radius 3 is 2.50 bits per heavy atom. The minimum Gasteiger partial charge on any atom is -0.481 e. The summed E-state index contributed by atoms with van der Waals surface area (Å²) in [6.45, 7) is 3.37. The first-order valence-electron chi connectivity index (χ1n) is 4.14. The first-order valence-corrected chi connectivity index (χ1v) is 4.14. The number of likely N-dealkylation sites (tertiary alicyclic amines) is 1. The molecule has 1 rings (SSSR count). The maximum Gasteiger partial charge on any atom is 0.306 e. The van der Waals surface area contributed by atoms with Gasteiger partial charge in [-0.25, -0.2) is 0 Å². The van der Waals surface area contributed by atoms with E-state index in [9.17, 15) is 4.79 Å². The Bertz CT molecular complexity index is 218. The van der Waals surface area contributed by atoms with Crippen LogP contribution in [-0.2, 0) is 4.79 Å². The third-order valence-corrected chi connectivity index (χ3v) is 2.11. The first kappa shape index (κ1) is 8.92. The molecule has 0 aliphatic carbocycles. The number of rotatable bonds is 1. The molecule has 3 heteroatoms. The minimum atomic E-state index is -0.667. The number of carbonyl (C=O) groups is 1. The lowest BCUT2D eigenvalue weighted by atomic mass is 9.98. The van der Waals surface area contributed by atoms with E-state index in [-0.39, 0.29) is 5.92 Å². The average molecular weight is 167 g/mol. The lowest BCUT2D eigenvalue weighted by Gasteiger charge is -2.26. The van der Waals surface area contributed by atoms with Crippen LogP contribution in [0.15, 0.2) is 0 Å². The van der Waals surface area contributed by atoms with Crippen molar-refractivity contribution in [2.45, 2.75) is 19.8 Å². The van der Waals surface area contributed by atoms with E-state index in [1.54, 1.807) is 6.92 Å². The standard InChI is InChI=1S/C9H13NO2/c1-2-5-10-6-3-8(4-7-10)9(11)12/h8H,3-4,6-7H2,1H3,(H,11,12). The Hall–Kier alpha value is -1.17. The smallest absolute Gasteiger partial charge is 0.306 e. The molecule has 0 bridgehead atoms. The monoisotopic (exact) mass is 167 g/mol. The van der Waals surface area contributed by atoms with Crippen LogP contribution in [0, 0.1) is 17.9 Å². The summed E-state index contributed by atoms with van der Waals surface area (Å²) in [5.41, 5.74) is 0. The van der Waals surface area contributed by atoms with Crippen LogP contribution in [0.25, 0.3) is 0 Å². The van der Waals surface area contributed by atoms with Crippen LogP contribution in [0.2, 0.25) is 0 Å². The van der Waals surface area contributed by atoms with Gasteiger partial charge in [-0.05, 0) is 19.8 Å². The Morgan fingerprint density at radius 1 is 1.50 bits per heavy atom. The van der Waals surface area contributed by atoms with Crippen LogP contribution in [0.5, 0.6) is 0 Å². The predicted molar refractivity (Wildman–Crippen MR) is 45.4 cm³/mol. The normalized spacial score (nSPS) is 18.2. The number of nitrogens with zero attached hydrogens (tertiary/aromatic N) is 1. The van der Waals surface area contributed by atoms with Gasteiger partial charge in [-0.3, -0.25) is 4.79 Å². The van der Waals surface area contributed by atoms with E-state index in [1.807, 2.05) is 4.90 Å². The molecule has 0 aromatic heterocycles. The van der Waals surface area contributed by atoms with Gasteiger partial charge in [0.2, 0.25) is 0 Å². The molecular formula is C9H13NO2. The van der Waals surface area contributed by atoms with E-state index in [2.05, 4.69) is 12.0 Å². The lowest BCUT2D eigenvalue weighted by Crippen LogP contribution is -2.33. The Morgan fingerprint density at radius 2 is 2.08 bits per heavy atom. The Labute approximate surface area is 72.4 Å². The zero-order chi connectivity index (χ0) is 8.97. The Balaban J connectivity index is 2.37. The zero-order valence-corrected chi connectivity index (χ0v) is 7.21. The first-order chi connectivity index (χ1) is 5.74. The minimum absolute atomic E-state index is 0.153. The van der Waals surface area contributed by atoms with Crippen molar-refractivity contribution in [3.8, 4) is 12.0 Å². The molecule has 0 saturated carbocycles. The molecule has 1 N–H and O–H groups in total. The van der Waals surface area contributed by atoms with Crippen molar-refractivity contribution in [3.63, 3.8) is 0 Å². The highest BCUT2D eigenvalue weighted by Gasteiger charge is 2.22. The number of aliphatic carboxylic acids is 1. The predicted octanol–water partition coefficient (Wildman–Crippen LogP) is 0.764. The second-order valence-corrected chi connectivity index (χ2v) is 2.96. The maximum absolute atomic E-state index is 10.6. The molecule has 66 valence electrons. The van der Waals surface area contributed by atoms with Gasteiger partial charge in [-0.2, -0.15) is 0 Å². The van der Waals surface area contributed by atoms with Gasteiger partial charge in [0.05, 0.1) is 5.92 Å². The molecule has 1 aliphatic heterocycles. The molecule has 0 aromatic carbocycles. The summed E-state index contributed by atoms with van der Waals surface area (Å²) in [6, 6.07) is 2.93. The number of hydrogen-bond donors (Lipinski definition) is 1. The van der Waals surface area contributed by atoms with E-state index in [1.165, 1.54) is 0 Å². The van der Waals surface area contributed by atoms with E-state index in [4.69, 9.17) is 5.11 Å². The quantitative estimate of drug-likeness (QED) is 0.586. The summed E-state index contributed by atoms with van der Waals surface area (Å²) in [7, 11) is 0. The van der Waals surface area contributed by atoms with Crippen molar-refractivity contribution in [1.82, 2.24) is 4.90 Å².